The van der Waals surface area contributed by atoms with E-state index < -0.39 is 40.1 Å². The van der Waals surface area contributed by atoms with Crippen LogP contribution in [0.1, 0.15) is 31.8 Å². The Hall–Kier alpha value is -4.54. The number of rotatable bonds is 7. The second-order valence-electron chi connectivity index (χ2n) is 7.24. The van der Waals surface area contributed by atoms with Gasteiger partial charge in [0.1, 0.15) is 11.4 Å². The molecule has 1 heterocycles. The van der Waals surface area contributed by atoms with E-state index >= 15 is 0 Å². The van der Waals surface area contributed by atoms with Crippen molar-refractivity contribution in [2.75, 3.05) is 12.3 Å². The molecule has 0 bridgehead atoms. The Bertz CT molecular complexity index is 1370. The van der Waals surface area contributed by atoms with E-state index in [9.17, 15) is 29.3 Å². The summed E-state index contributed by atoms with van der Waals surface area (Å²) in [6.45, 7) is 0.690. The molecule has 0 saturated carbocycles. The molecular weight excluding hydrogens is 432 g/mol. The number of Topliss-reactive ketones (excluding diaryl/α,β-unsaturated/α-hetero) is 1. The van der Waals surface area contributed by atoms with Gasteiger partial charge in [0.15, 0.2) is 6.61 Å². The van der Waals surface area contributed by atoms with E-state index in [0.717, 1.165) is 20.8 Å². The first-order valence-corrected chi connectivity index (χ1v) is 9.70. The Morgan fingerprint density at radius 2 is 1.79 bits per heavy atom. The van der Waals surface area contributed by atoms with E-state index in [1.54, 1.807) is 30.3 Å². The van der Waals surface area contributed by atoms with E-state index in [4.69, 9.17) is 10.5 Å². The molecule has 0 aliphatic heterocycles. The standard InChI is InChI=1S/C22H20N4O7/c1-13-8-9-15(10-16(13)26(31)32)21(29)33-12-17(27)18-19(23)25(22(30)24(2)20(18)28)11-14-6-4-3-5-7-14/h3-10H,11-12,23H2,1-2H3. The van der Waals surface area contributed by atoms with Crippen molar-refractivity contribution in [3.8, 4) is 0 Å². The Kier molecular flexibility index (Phi) is 6.52. The molecule has 0 aliphatic rings. The lowest BCUT2D eigenvalue weighted by atomic mass is 10.1. The molecule has 11 nitrogen and oxygen atoms in total. The van der Waals surface area contributed by atoms with E-state index in [1.165, 1.54) is 26.1 Å². The Morgan fingerprint density at radius 3 is 2.42 bits per heavy atom. The number of anilines is 1. The number of ketones is 1. The first-order valence-electron chi connectivity index (χ1n) is 9.70. The van der Waals surface area contributed by atoms with Gasteiger partial charge >= 0.3 is 11.7 Å². The molecule has 33 heavy (non-hydrogen) atoms. The summed E-state index contributed by atoms with van der Waals surface area (Å²) in [5.41, 5.74) is 4.55. The summed E-state index contributed by atoms with van der Waals surface area (Å²) in [5.74, 6) is -2.25. The average Bonchev–Trinajstić information content (AvgIpc) is 2.79. The number of carbonyl (C=O) groups is 2. The molecule has 3 rings (SSSR count). The second kappa shape index (κ2) is 9.30. The maximum absolute atomic E-state index is 12.7. The number of nitrogens with two attached hydrogens (primary N) is 1. The smallest absolute Gasteiger partial charge is 0.338 e. The minimum Gasteiger partial charge on any atom is -0.454 e. The number of aryl methyl sites for hydroxylation is 1. The molecule has 0 atom stereocenters. The highest BCUT2D eigenvalue weighted by Gasteiger charge is 2.23. The number of nitro groups is 1. The zero-order valence-corrected chi connectivity index (χ0v) is 17.8. The Morgan fingerprint density at radius 1 is 1.12 bits per heavy atom. The molecule has 0 saturated heterocycles. The highest BCUT2D eigenvalue weighted by atomic mass is 16.6. The summed E-state index contributed by atoms with van der Waals surface area (Å²) in [6.07, 6.45) is 0. The van der Waals surface area contributed by atoms with Crippen LogP contribution in [-0.4, -0.2) is 32.4 Å². The van der Waals surface area contributed by atoms with E-state index in [-0.39, 0.29) is 23.6 Å². The van der Waals surface area contributed by atoms with Crippen LogP contribution in [0.4, 0.5) is 11.5 Å². The quantitative estimate of drug-likeness (QED) is 0.244. The lowest BCUT2D eigenvalue weighted by Crippen LogP contribution is -2.43. The van der Waals surface area contributed by atoms with Gasteiger partial charge < -0.3 is 10.5 Å². The highest BCUT2D eigenvalue weighted by molar-refractivity contribution is 6.02. The number of benzene rings is 2. The van der Waals surface area contributed by atoms with Gasteiger partial charge in [0.2, 0.25) is 5.78 Å². The van der Waals surface area contributed by atoms with Crippen LogP contribution >= 0.6 is 0 Å². The largest absolute Gasteiger partial charge is 0.454 e. The Balaban J connectivity index is 1.87. The fourth-order valence-corrected chi connectivity index (χ4v) is 3.18. The van der Waals surface area contributed by atoms with Crippen molar-refractivity contribution in [1.82, 2.24) is 9.13 Å². The van der Waals surface area contributed by atoms with Gasteiger partial charge in [0, 0.05) is 18.7 Å². The molecule has 11 heteroatoms. The van der Waals surface area contributed by atoms with Crippen molar-refractivity contribution in [2.45, 2.75) is 13.5 Å². The van der Waals surface area contributed by atoms with Crippen molar-refractivity contribution in [2.24, 2.45) is 7.05 Å². The molecule has 2 aromatic carbocycles. The summed E-state index contributed by atoms with van der Waals surface area (Å²) in [4.78, 5) is 60.6. The van der Waals surface area contributed by atoms with Crippen molar-refractivity contribution in [3.63, 3.8) is 0 Å². The molecular formula is C22H20N4O7. The van der Waals surface area contributed by atoms with Crippen molar-refractivity contribution >= 4 is 23.3 Å². The van der Waals surface area contributed by atoms with Crippen LogP contribution in [0, 0.1) is 17.0 Å². The molecule has 0 unspecified atom stereocenters. The summed E-state index contributed by atoms with van der Waals surface area (Å²) >= 11 is 0. The Labute approximate surface area is 186 Å². The number of nitrogens with zero attached hydrogens (tertiary/aromatic N) is 3. The summed E-state index contributed by atoms with van der Waals surface area (Å²) in [5, 5.41) is 11.1. The van der Waals surface area contributed by atoms with Crippen molar-refractivity contribution in [3.05, 3.63) is 102 Å². The number of nitrogen functional groups attached to an aromatic ring is 1. The van der Waals surface area contributed by atoms with E-state index in [2.05, 4.69) is 0 Å². The molecule has 2 N–H and O–H groups in total. The number of hydrogen-bond acceptors (Lipinski definition) is 8. The number of esters is 1. The lowest BCUT2D eigenvalue weighted by molar-refractivity contribution is -0.385. The maximum atomic E-state index is 12.7. The number of carbonyl (C=O) groups excluding carboxylic acids is 2. The van der Waals surface area contributed by atoms with Crippen LogP contribution in [0.15, 0.2) is 58.1 Å². The third-order valence-electron chi connectivity index (χ3n) is 5.02. The number of hydrogen-bond donors (Lipinski definition) is 1. The van der Waals surface area contributed by atoms with Gasteiger partial charge in [-0.2, -0.15) is 0 Å². The monoisotopic (exact) mass is 452 g/mol. The SMILES string of the molecule is Cc1ccc(C(=O)OCC(=O)c2c(N)n(Cc3ccccc3)c(=O)n(C)c2=O)cc1[N+](=O)[O-]. The summed E-state index contributed by atoms with van der Waals surface area (Å²) < 4.78 is 6.78. The molecule has 0 radical (unpaired) electrons. The zero-order valence-electron chi connectivity index (χ0n) is 17.8. The fourth-order valence-electron chi connectivity index (χ4n) is 3.18. The van der Waals surface area contributed by atoms with Crippen LogP contribution < -0.4 is 17.0 Å². The zero-order chi connectivity index (χ0) is 24.3. The molecule has 170 valence electrons. The van der Waals surface area contributed by atoms with Gasteiger partial charge in [0.25, 0.3) is 11.2 Å². The van der Waals surface area contributed by atoms with E-state index in [1.807, 2.05) is 0 Å². The third-order valence-corrected chi connectivity index (χ3v) is 5.02. The molecule has 0 aliphatic carbocycles. The minimum absolute atomic E-state index is 0.0206. The normalized spacial score (nSPS) is 10.6. The van der Waals surface area contributed by atoms with Gasteiger partial charge in [-0.3, -0.25) is 28.8 Å². The molecule has 3 aromatic rings. The predicted octanol–water partition coefficient (Wildman–Crippen LogP) is 1.43. The topological polar surface area (TPSA) is 157 Å². The molecule has 1 aromatic heterocycles. The molecule has 0 amide bonds. The van der Waals surface area contributed by atoms with Gasteiger partial charge in [-0.05, 0) is 18.6 Å². The number of nitro benzene ring substituents is 1. The average molecular weight is 452 g/mol. The van der Waals surface area contributed by atoms with Crippen molar-refractivity contribution in [1.29, 1.82) is 0 Å². The van der Waals surface area contributed by atoms with Gasteiger partial charge in [-0.15, -0.1) is 0 Å². The highest BCUT2D eigenvalue weighted by Crippen LogP contribution is 2.20. The maximum Gasteiger partial charge on any atom is 0.338 e. The third kappa shape index (κ3) is 4.71. The van der Waals surface area contributed by atoms with Crippen LogP contribution in [0.25, 0.3) is 0 Å². The lowest BCUT2D eigenvalue weighted by Gasteiger charge is -2.14. The second-order valence-corrected chi connectivity index (χ2v) is 7.24. The van der Waals surface area contributed by atoms with Crippen LogP contribution in [0.3, 0.4) is 0 Å². The fraction of sp³-hybridized carbons (Fsp3) is 0.182. The summed E-state index contributed by atoms with van der Waals surface area (Å²) in [6, 6.07) is 12.6. The first-order chi connectivity index (χ1) is 15.6. The van der Waals surface area contributed by atoms with Gasteiger partial charge in [0.05, 0.1) is 17.0 Å². The first kappa shape index (κ1) is 23.1. The minimum atomic E-state index is -0.987. The summed E-state index contributed by atoms with van der Waals surface area (Å²) in [7, 11) is 1.21. The van der Waals surface area contributed by atoms with E-state index in [0.29, 0.717) is 5.56 Å². The predicted molar refractivity (Wildman–Crippen MR) is 118 cm³/mol. The van der Waals surface area contributed by atoms with Gasteiger partial charge in [-0.1, -0.05) is 36.4 Å². The molecule has 0 spiro atoms. The van der Waals surface area contributed by atoms with Gasteiger partial charge in [-0.25, -0.2) is 9.59 Å². The van der Waals surface area contributed by atoms with Crippen LogP contribution in [-0.2, 0) is 18.3 Å². The van der Waals surface area contributed by atoms with Crippen molar-refractivity contribution < 1.29 is 19.2 Å². The number of aromatic nitrogens is 2. The number of ether oxygens (including phenoxy) is 1. The van der Waals surface area contributed by atoms with Crippen LogP contribution in [0.2, 0.25) is 0 Å². The molecule has 0 fully saturated rings. The van der Waals surface area contributed by atoms with Crippen LogP contribution in [0.5, 0.6) is 0 Å².